The SMILES string of the molecule is CS(=O)(=O)C1CCN(S(=O)(=O)c2cc3c(cc2Br)CCCC(=O)N3)C1. The summed E-state index contributed by atoms with van der Waals surface area (Å²) in [6, 6.07) is 3.18. The third kappa shape index (κ3) is 3.76. The minimum atomic E-state index is -3.85. The van der Waals surface area contributed by atoms with Crippen molar-refractivity contribution < 1.29 is 21.6 Å². The summed E-state index contributed by atoms with van der Waals surface area (Å²) >= 11 is 3.32. The molecule has 7 nitrogen and oxygen atoms in total. The second-order valence-corrected chi connectivity index (χ2v) is 11.5. The molecule has 0 saturated carbocycles. The van der Waals surface area contributed by atoms with Crippen molar-refractivity contribution in [3.8, 4) is 0 Å². The normalized spacial score (nSPS) is 22.3. The van der Waals surface area contributed by atoms with Crippen LogP contribution in [0.3, 0.4) is 0 Å². The van der Waals surface area contributed by atoms with Gasteiger partial charge in [0, 0.05) is 35.9 Å². The number of halogens is 1. The number of hydrogen-bond acceptors (Lipinski definition) is 5. The molecule has 1 aromatic carbocycles. The first-order valence-electron chi connectivity index (χ1n) is 7.90. The Morgan fingerprint density at radius 3 is 2.56 bits per heavy atom. The molecule has 0 spiro atoms. The van der Waals surface area contributed by atoms with Crippen LogP contribution < -0.4 is 5.32 Å². The van der Waals surface area contributed by atoms with Crippen molar-refractivity contribution in [2.45, 2.75) is 35.8 Å². The Labute approximate surface area is 155 Å². The van der Waals surface area contributed by atoms with Crippen LogP contribution >= 0.6 is 15.9 Å². The minimum Gasteiger partial charge on any atom is -0.326 e. The van der Waals surface area contributed by atoms with Gasteiger partial charge in [-0.3, -0.25) is 4.79 Å². The van der Waals surface area contributed by atoms with Crippen LogP contribution in [0, 0.1) is 0 Å². The first kappa shape index (κ1) is 18.8. The van der Waals surface area contributed by atoms with Crippen LogP contribution in [0.5, 0.6) is 0 Å². The van der Waals surface area contributed by atoms with Gasteiger partial charge in [-0.1, -0.05) is 0 Å². The van der Waals surface area contributed by atoms with Crippen LogP contribution in [0.2, 0.25) is 0 Å². The number of benzene rings is 1. The predicted molar refractivity (Wildman–Crippen MR) is 97.7 cm³/mol. The molecular formula is C15H19BrN2O5S2. The van der Waals surface area contributed by atoms with Crippen LogP contribution in [0.25, 0.3) is 0 Å². The van der Waals surface area contributed by atoms with Gasteiger partial charge in [-0.2, -0.15) is 4.31 Å². The van der Waals surface area contributed by atoms with Crippen LogP contribution in [-0.4, -0.2) is 51.6 Å². The van der Waals surface area contributed by atoms with Gasteiger partial charge in [0.05, 0.1) is 10.1 Å². The fraction of sp³-hybridized carbons (Fsp3) is 0.533. The van der Waals surface area contributed by atoms with E-state index in [2.05, 4.69) is 21.2 Å². The summed E-state index contributed by atoms with van der Waals surface area (Å²) in [4.78, 5) is 11.8. The first-order valence-corrected chi connectivity index (χ1v) is 12.1. The van der Waals surface area contributed by atoms with Gasteiger partial charge < -0.3 is 5.32 Å². The number of carbonyl (C=O) groups is 1. The van der Waals surface area contributed by atoms with Gasteiger partial charge in [-0.25, -0.2) is 16.8 Å². The van der Waals surface area contributed by atoms with E-state index in [1.807, 2.05) is 0 Å². The van der Waals surface area contributed by atoms with Crippen molar-refractivity contribution in [1.29, 1.82) is 0 Å². The molecule has 2 aliphatic rings. The number of rotatable bonds is 3. The topological polar surface area (TPSA) is 101 Å². The summed E-state index contributed by atoms with van der Waals surface area (Å²) in [7, 11) is -7.14. The summed E-state index contributed by atoms with van der Waals surface area (Å²) < 4.78 is 51.0. The highest BCUT2D eigenvalue weighted by molar-refractivity contribution is 9.10. The van der Waals surface area contributed by atoms with Crippen molar-refractivity contribution in [2.75, 3.05) is 24.7 Å². The molecule has 1 N–H and O–H groups in total. The van der Waals surface area contributed by atoms with E-state index in [1.165, 1.54) is 10.4 Å². The quantitative estimate of drug-likeness (QED) is 0.752. The number of aryl methyl sites for hydroxylation is 1. The second-order valence-electron chi connectivity index (χ2n) is 6.44. The molecule has 2 heterocycles. The van der Waals surface area contributed by atoms with Gasteiger partial charge >= 0.3 is 0 Å². The smallest absolute Gasteiger partial charge is 0.244 e. The number of nitrogens with zero attached hydrogens (tertiary/aromatic N) is 1. The predicted octanol–water partition coefficient (Wildman–Crippen LogP) is 1.53. The van der Waals surface area contributed by atoms with E-state index in [-0.39, 0.29) is 30.3 Å². The summed E-state index contributed by atoms with van der Waals surface area (Å²) in [6.45, 7) is 0.118. The number of carbonyl (C=O) groups excluding carboxylic acids is 1. The molecule has 10 heteroatoms. The molecule has 3 rings (SSSR count). The molecule has 1 saturated heterocycles. The Kier molecular flexibility index (Phi) is 5.00. The lowest BCUT2D eigenvalue weighted by Crippen LogP contribution is -2.32. The van der Waals surface area contributed by atoms with E-state index >= 15 is 0 Å². The lowest BCUT2D eigenvalue weighted by Gasteiger charge is -2.19. The highest BCUT2D eigenvalue weighted by Gasteiger charge is 2.38. The van der Waals surface area contributed by atoms with E-state index in [0.717, 1.165) is 11.8 Å². The van der Waals surface area contributed by atoms with Gasteiger partial charge in [-0.15, -0.1) is 0 Å². The average molecular weight is 451 g/mol. The third-order valence-electron chi connectivity index (χ3n) is 4.61. The molecule has 0 radical (unpaired) electrons. The zero-order chi connectivity index (χ0) is 18.4. The summed E-state index contributed by atoms with van der Waals surface area (Å²) in [5.74, 6) is -0.136. The number of sulfonamides is 1. The number of nitrogens with one attached hydrogen (secondary N) is 1. The molecule has 2 aliphatic heterocycles. The lowest BCUT2D eigenvalue weighted by molar-refractivity contribution is -0.116. The summed E-state index contributed by atoms with van der Waals surface area (Å²) in [5.41, 5.74) is 1.38. The van der Waals surface area contributed by atoms with Crippen molar-refractivity contribution in [2.24, 2.45) is 0 Å². The molecule has 1 unspecified atom stereocenters. The number of fused-ring (bicyclic) bond motifs is 1. The van der Waals surface area contributed by atoms with Crippen molar-refractivity contribution in [1.82, 2.24) is 4.31 Å². The standard InChI is InChI=1S/C15H19BrN2O5S2/c1-24(20,21)11-5-6-18(9-11)25(22,23)14-8-13-10(7-12(14)16)3-2-4-15(19)17-13/h7-8,11H,2-6,9H2,1H3,(H,17,19). The van der Waals surface area contributed by atoms with Crippen molar-refractivity contribution >= 4 is 47.4 Å². The van der Waals surface area contributed by atoms with E-state index in [1.54, 1.807) is 6.07 Å². The fourth-order valence-corrected chi connectivity index (χ4v) is 6.83. The van der Waals surface area contributed by atoms with E-state index < -0.39 is 25.1 Å². The maximum Gasteiger partial charge on any atom is 0.244 e. The zero-order valence-corrected chi connectivity index (χ0v) is 16.9. The van der Waals surface area contributed by atoms with E-state index in [9.17, 15) is 21.6 Å². The average Bonchev–Trinajstić information content (AvgIpc) is 2.93. The molecule has 1 atom stereocenters. The van der Waals surface area contributed by atoms with Crippen LogP contribution in [0.15, 0.2) is 21.5 Å². The van der Waals surface area contributed by atoms with Crippen LogP contribution in [0.1, 0.15) is 24.8 Å². The first-order chi connectivity index (χ1) is 11.6. The maximum absolute atomic E-state index is 13.0. The Morgan fingerprint density at radius 1 is 1.20 bits per heavy atom. The number of anilines is 1. The number of hydrogen-bond donors (Lipinski definition) is 1. The molecule has 0 aliphatic carbocycles. The lowest BCUT2D eigenvalue weighted by atomic mass is 10.1. The van der Waals surface area contributed by atoms with Gasteiger partial charge in [0.15, 0.2) is 9.84 Å². The van der Waals surface area contributed by atoms with Crippen molar-refractivity contribution in [3.05, 3.63) is 22.2 Å². The summed E-state index contributed by atoms with van der Waals surface area (Å²) in [6.07, 6.45) is 3.21. The fourth-order valence-electron chi connectivity index (χ4n) is 3.17. The van der Waals surface area contributed by atoms with Gasteiger partial charge in [0.2, 0.25) is 15.9 Å². The second kappa shape index (κ2) is 6.64. The third-order valence-corrected chi connectivity index (χ3v) is 9.03. The zero-order valence-electron chi connectivity index (χ0n) is 13.7. The molecule has 0 aromatic heterocycles. The summed E-state index contributed by atoms with van der Waals surface area (Å²) in [5, 5.41) is 2.07. The van der Waals surface area contributed by atoms with Crippen LogP contribution in [0.4, 0.5) is 5.69 Å². The molecule has 0 bridgehead atoms. The molecule has 1 amide bonds. The van der Waals surface area contributed by atoms with Gasteiger partial charge in [0.1, 0.15) is 0 Å². The molecular weight excluding hydrogens is 432 g/mol. The largest absolute Gasteiger partial charge is 0.326 e. The van der Waals surface area contributed by atoms with Gasteiger partial charge in [-0.05, 0) is 52.9 Å². The van der Waals surface area contributed by atoms with E-state index in [0.29, 0.717) is 29.4 Å². The monoisotopic (exact) mass is 450 g/mol. The molecule has 1 fully saturated rings. The Morgan fingerprint density at radius 2 is 1.92 bits per heavy atom. The Balaban J connectivity index is 1.97. The Bertz CT molecular complexity index is 927. The highest BCUT2D eigenvalue weighted by atomic mass is 79.9. The maximum atomic E-state index is 13.0. The molecule has 1 aromatic rings. The minimum absolute atomic E-state index is 0.0441. The number of amides is 1. The highest BCUT2D eigenvalue weighted by Crippen LogP contribution is 2.34. The van der Waals surface area contributed by atoms with Crippen LogP contribution in [-0.2, 0) is 31.1 Å². The van der Waals surface area contributed by atoms with E-state index in [4.69, 9.17) is 0 Å². The molecule has 25 heavy (non-hydrogen) atoms. The van der Waals surface area contributed by atoms with Gasteiger partial charge in [0.25, 0.3) is 0 Å². The Hall–Kier alpha value is -0.970. The van der Waals surface area contributed by atoms with Crippen molar-refractivity contribution in [3.63, 3.8) is 0 Å². The number of sulfone groups is 1. The molecule has 138 valence electrons.